The Balaban J connectivity index is 2.61. The van der Waals surface area contributed by atoms with Crippen LogP contribution in [0.2, 0.25) is 0 Å². The summed E-state index contributed by atoms with van der Waals surface area (Å²) in [5, 5.41) is 2.88. The van der Waals surface area contributed by atoms with Gasteiger partial charge in [-0.2, -0.15) is 0 Å². The number of piperidine rings is 1. The number of rotatable bonds is 5. The van der Waals surface area contributed by atoms with Crippen LogP contribution < -0.4 is 10.2 Å². The maximum Gasteiger partial charge on any atom is 0.281 e. The fraction of sp³-hybridized carbons (Fsp3) is 0.875. The predicted molar refractivity (Wildman–Crippen MR) is 84.1 cm³/mol. The molecule has 1 fully saturated rings. The fourth-order valence-electron chi connectivity index (χ4n) is 3.07. The maximum atomic E-state index is 12.7. The topological polar surface area (TPSA) is 53.9 Å². The summed E-state index contributed by atoms with van der Waals surface area (Å²) in [4.78, 5) is 27.5. The zero-order chi connectivity index (χ0) is 16.2. The second-order valence-electron chi connectivity index (χ2n) is 6.84. The van der Waals surface area contributed by atoms with E-state index in [1.54, 1.807) is 0 Å². The first-order valence-corrected chi connectivity index (χ1v) is 8.17. The zero-order valence-electron chi connectivity index (χ0n) is 14.4. The number of likely N-dealkylation sites (N-methyl/N-ethyl adjacent to an activating group) is 1. The van der Waals surface area contributed by atoms with Crippen molar-refractivity contribution in [3.63, 3.8) is 0 Å². The van der Waals surface area contributed by atoms with Crippen LogP contribution in [0.25, 0.3) is 0 Å². The van der Waals surface area contributed by atoms with Crippen LogP contribution in [-0.2, 0) is 9.59 Å². The van der Waals surface area contributed by atoms with Gasteiger partial charge >= 0.3 is 0 Å². The zero-order valence-corrected chi connectivity index (χ0v) is 14.4. The van der Waals surface area contributed by atoms with Crippen LogP contribution in [0.1, 0.15) is 53.9 Å². The third kappa shape index (κ3) is 4.99. The average molecular weight is 298 g/mol. The van der Waals surface area contributed by atoms with Gasteiger partial charge < -0.3 is 15.1 Å². The Morgan fingerprint density at radius 1 is 1.19 bits per heavy atom. The number of carbonyl (C=O) groups excluding carboxylic acids is 2. The molecule has 0 aromatic heterocycles. The molecule has 21 heavy (non-hydrogen) atoms. The van der Waals surface area contributed by atoms with Gasteiger partial charge in [0.15, 0.2) is 12.6 Å². The smallest absolute Gasteiger partial charge is 0.281 e. The number of hydrogen-bond acceptors (Lipinski definition) is 2. The number of nitrogens with one attached hydrogen (secondary N) is 2. The molecule has 1 heterocycles. The first kappa shape index (κ1) is 18.0. The highest BCUT2D eigenvalue weighted by Gasteiger charge is 2.35. The van der Waals surface area contributed by atoms with E-state index >= 15 is 0 Å². The van der Waals surface area contributed by atoms with Crippen molar-refractivity contribution < 1.29 is 14.5 Å². The minimum absolute atomic E-state index is 0.00175. The normalized spacial score (nSPS) is 25.6. The molecule has 1 aliphatic heterocycles. The number of nitrogens with zero attached hydrogens (tertiary/aromatic N) is 1. The molecule has 0 aromatic carbocycles. The lowest BCUT2D eigenvalue weighted by atomic mass is 9.96. The van der Waals surface area contributed by atoms with Crippen molar-refractivity contribution in [3.8, 4) is 0 Å². The van der Waals surface area contributed by atoms with Gasteiger partial charge in [-0.1, -0.05) is 0 Å². The number of hydrogen-bond donors (Lipinski definition) is 2. The molecule has 1 aliphatic rings. The van der Waals surface area contributed by atoms with Crippen molar-refractivity contribution in [3.05, 3.63) is 0 Å². The van der Waals surface area contributed by atoms with Gasteiger partial charge in [0.1, 0.15) is 0 Å². The molecule has 0 aliphatic carbocycles. The molecule has 0 radical (unpaired) electrons. The molecule has 1 rings (SSSR count). The third-order valence-corrected chi connectivity index (χ3v) is 4.45. The molecule has 1 unspecified atom stereocenters. The van der Waals surface area contributed by atoms with Crippen molar-refractivity contribution in [2.75, 3.05) is 13.6 Å². The second-order valence-corrected chi connectivity index (χ2v) is 6.84. The molecule has 2 amide bonds. The molecule has 2 N–H and O–H groups in total. The van der Waals surface area contributed by atoms with E-state index in [1.165, 1.54) is 6.42 Å². The molecule has 0 bridgehead atoms. The SMILES string of the molecule is CC(C)NC(=O)C[NH+](C)[C@H](C)C(=O)N1[C@@H](C)CCC[C@@H]1C. The molecule has 1 saturated heterocycles. The van der Waals surface area contributed by atoms with Crippen molar-refractivity contribution in [1.29, 1.82) is 0 Å². The van der Waals surface area contributed by atoms with Gasteiger partial charge in [0.2, 0.25) is 0 Å². The van der Waals surface area contributed by atoms with E-state index in [0.717, 1.165) is 17.7 Å². The number of likely N-dealkylation sites (tertiary alicyclic amines) is 1. The van der Waals surface area contributed by atoms with Crippen molar-refractivity contribution in [2.24, 2.45) is 0 Å². The Bertz CT molecular complexity index is 361. The molecule has 0 saturated carbocycles. The van der Waals surface area contributed by atoms with Gasteiger partial charge in [0, 0.05) is 18.1 Å². The Hall–Kier alpha value is -1.10. The molecule has 5 nitrogen and oxygen atoms in total. The Morgan fingerprint density at radius 2 is 1.71 bits per heavy atom. The van der Waals surface area contributed by atoms with Gasteiger partial charge in [0.25, 0.3) is 11.8 Å². The molecule has 122 valence electrons. The first-order chi connectivity index (χ1) is 9.73. The van der Waals surface area contributed by atoms with E-state index in [9.17, 15) is 9.59 Å². The van der Waals surface area contributed by atoms with E-state index in [2.05, 4.69) is 19.2 Å². The highest BCUT2D eigenvalue weighted by Crippen LogP contribution is 2.22. The lowest BCUT2D eigenvalue weighted by Crippen LogP contribution is -3.15. The molecule has 4 atom stereocenters. The summed E-state index contributed by atoms with van der Waals surface area (Å²) in [6, 6.07) is 0.561. The van der Waals surface area contributed by atoms with Gasteiger partial charge in [-0.05, 0) is 53.9 Å². The van der Waals surface area contributed by atoms with Gasteiger partial charge in [-0.3, -0.25) is 9.59 Å². The highest BCUT2D eigenvalue weighted by atomic mass is 16.2. The average Bonchev–Trinajstić information content (AvgIpc) is 2.36. The van der Waals surface area contributed by atoms with Crippen LogP contribution >= 0.6 is 0 Å². The van der Waals surface area contributed by atoms with Gasteiger partial charge in [-0.15, -0.1) is 0 Å². The van der Waals surface area contributed by atoms with E-state index in [0.29, 0.717) is 18.6 Å². The van der Waals surface area contributed by atoms with Crippen molar-refractivity contribution in [1.82, 2.24) is 10.2 Å². The summed E-state index contributed by atoms with van der Waals surface area (Å²) in [5.41, 5.74) is 0. The van der Waals surface area contributed by atoms with Crippen LogP contribution in [0.4, 0.5) is 0 Å². The highest BCUT2D eigenvalue weighted by molar-refractivity contribution is 5.81. The Labute approximate surface area is 129 Å². The first-order valence-electron chi connectivity index (χ1n) is 8.17. The lowest BCUT2D eigenvalue weighted by Gasteiger charge is -2.40. The minimum atomic E-state index is -0.189. The van der Waals surface area contributed by atoms with Crippen LogP contribution in [0, 0.1) is 0 Å². The largest absolute Gasteiger partial charge is 0.349 e. The van der Waals surface area contributed by atoms with Gasteiger partial charge in [-0.25, -0.2) is 0 Å². The summed E-state index contributed by atoms with van der Waals surface area (Å²) in [7, 11) is 1.92. The summed E-state index contributed by atoms with van der Waals surface area (Å²) in [6.07, 6.45) is 3.35. The number of carbonyl (C=O) groups is 2. The van der Waals surface area contributed by atoms with Crippen LogP contribution in [-0.4, -0.2) is 54.5 Å². The lowest BCUT2D eigenvalue weighted by molar-refractivity contribution is -0.886. The summed E-state index contributed by atoms with van der Waals surface area (Å²) in [5.74, 6) is 0.173. The molecule has 0 aromatic rings. The van der Waals surface area contributed by atoms with E-state index in [1.807, 2.05) is 32.7 Å². The Kier molecular flexibility index (Phi) is 6.65. The van der Waals surface area contributed by atoms with Crippen LogP contribution in [0.15, 0.2) is 0 Å². The molecular weight excluding hydrogens is 266 g/mol. The minimum Gasteiger partial charge on any atom is -0.349 e. The van der Waals surface area contributed by atoms with Crippen LogP contribution in [0.5, 0.6) is 0 Å². The van der Waals surface area contributed by atoms with E-state index < -0.39 is 0 Å². The predicted octanol–water partition coefficient (Wildman–Crippen LogP) is 0.204. The van der Waals surface area contributed by atoms with Crippen molar-refractivity contribution >= 4 is 11.8 Å². The summed E-state index contributed by atoms with van der Waals surface area (Å²) < 4.78 is 0. The molecule has 5 heteroatoms. The van der Waals surface area contributed by atoms with Crippen LogP contribution in [0.3, 0.4) is 0 Å². The van der Waals surface area contributed by atoms with E-state index in [4.69, 9.17) is 0 Å². The fourth-order valence-corrected chi connectivity index (χ4v) is 3.07. The van der Waals surface area contributed by atoms with Crippen molar-refractivity contribution in [2.45, 2.75) is 78.0 Å². The second kappa shape index (κ2) is 7.78. The quantitative estimate of drug-likeness (QED) is 0.762. The Morgan fingerprint density at radius 3 is 2.19 bits per heavy atom. The molecule has 0 spiro atoms. The maximum absolute atomic E-state index is 12.7. The number of quaternary nitrogens is 1. The summed E-state index contributed by atoms with van der Waals surface area (Å²) >= 11 is 0. The standard InChI is InChI=1S/C16H31N3O2/c1-11(2)17-15(20)10-18(6)14(5)16(21)19-12(3)8-7-9-13(19)4/h11-14H,7-10H2,1-6H3,(H,17,20)/p+1/t12-,13-,14+/m0/s1. The monoisotopic (exact) mass is 298 g/mol. The van der Waals surface area contributed by atoms with E-state index in [-0.39, 0.29) is 23.9 Å². The summed E-state index contributed by atoms with van der Waals surface area (Å²) in [6.45, 7) is 10.4. The van der Waals surface area contributed by atoms with Gasteiger partial charge in [0.05, 0.1) is 7.05 Å². The third-order valence-electron chi connectivity index (χ3n) is 4.45. The molecular formula is C16H32N3O2+. The number of amides is 2.